The van der Waals surface area contributed by atoms with Crippen LogP contribution in [0.15, 0.2) is 41.7 Å². The lowest BCUT2D eigenvalue weighted by Crippen LogP contribution is -2.50. The fraction of sp³-hybridized carbons (Fsp3) is 0.684. The molecule has 3 saturated carbocycles. The average Bonchev–Trinajstić information content (AvgIpc) is 3.68. The second kappa shape index (κ2) is 13.7. The fourth-order valence-corrected chi connectivity index (χ4v) is 10.5. The van der Waals surface area contributed by atoms with E-state index in [1.165, 1.54) is 18.4 Å². The minimum Gasteiger partial charge on any atom is -0.427 e. The third kappa shape index (κ3) is 6.40. The highest BCUT2D eigenvalue weighted by Crippen LogP contribution is 2.66. The van der Waals surface area contributed by atoms with Crippen LogP contribution in [0.25, 0.3) is 0 Å². The number of aryl methyl sites for hydroxylation is 1. The molecule has 6 atom stereocenters. The van der Waals surface area contributed by atoms with Gasteiger partial charge in [0, 0.05) is 42.9 Å². The molecule has 0 spiro atoms. The van der Waals surface area contributed by atoms with Gasteiger partial charge in [-0.25, -0.2) is 4.79 Å². The molecular formula is C38H51Cl2NO4. The van der Waals surface area contributed by atoms with Gasteiger partial charge in [-0.2, -0.15) is 0 Å². The highest BCUT2D eigenvalue weighted by Gasteiger charge is 2.59. The SMILES string of the molecule is Cc1ccc(C(=O)OC2=CC3=CC[C@H]4[C@@H]5CC[C@H](C(=O)COC6CCCC6)[C@@]5(C)CC[C@@H]4[C@@]3(C)CC2)cc1N(CCCl)CCCl. The lowest BCUT2D eigenvalue weighted by molar-refractivity contribution is -0.135. The van der Waals surface area contributed by atoms with E-state index in [0.29, 0.717) is 66.7 Å². The first-order chi connectivity index (χ1) is 21.7. The minimum absolute atomic E-state index is 0.0779. The first kappa shape index (κ1) is 33.1. The van der Waals surface area contributed by atoms with E-state index in [4.69, 9.17) is 32.7 Å². The number of alkyl halides is 2. The maximum atomic E-state index is 13.5. The Morgan fingerprint density at radius 1 is 0.978 bits per heavy atom. The lowest BCUT2D eigenvalue weighted by Gasteiger charge is -2.56. The van der Waals surface area contributed by atoms with Crippen molar-refractivity contribution in [2.24, 2.45) is 34.5 Å². The highest BCUT2D eigenvalue weighted by molar-refractivity contribution is 6.18. The van der Waals surface area contributed by atoms with E-state index >= 15 is 0 Å². The van der Waals surface area contributed by atoms with Crippen LogP contribution in [0.2, 0.25) is 0 Å². The molecule has 5 aliphatic rings. The molecule has 1 aromatic carbocycles. The summed E-state index contributed by atoms with van der Waals surface area (Å²) in [6.07, 6.45) is 16.8. The van der Waals surface area contributed by atoms with Gasteiger partial charge in [0.15, 0.2) is 5.78 Å². The molecular weight excluding hydrogens is 605 g/mol. The Labute approximate surface area is 280 Å². The number of hydrogen-bond acceptors (Lipinski definition) is 5. The van der Waals surface area contributed by atoms with Gasteiger partial charge in [0.1, 0.15) is 12.4 Å². The second-order valence-electron chi connectivity index (χ2n) is 14.9. The monoisotopic (exact) mass is 655 g/mol. The van der Waals surface area contributed by atoms with Gasteiger partial charge in [0.25, 0.3) is 0 Å². The molecule has 0 aliphatic heterocycles. The van der Waals surface area contributed by atoms with Gasteiger partial charge in [-0.1, -0.05) is 38.8 Å². The van der Waals surface area contributed by atoms with Gasteiger partial charge in [0.05, 0.1) is 11.7 Å². The van der Waals surface area contributed by atoms with Crippen LogP contribution >= 0.6 is 23.2 Å². The van der Waals surface area contributed by atoms with Crippen molar-refractivity contribution in [3.05, 3.63) is 52.8 Å². The van der Waals surface area contributed by atoms with Gasteiger partial charge in [-0.05, 0) is 116 Å². The minimum atomic E-state index is -0.316. The third-order valence-electron chi connectivity index (χ3n) is 12.6. The summed E-state index contributed by atoms with van der Waals surface area (Å²) in [7, 11) is 0. The maximum absolute atomic E-state index is 13.5. The van der Waals surface area contributed by atoms with Crippen LogP contribution in [0.1, 0.15) is 100 Å². The van der Waals surface area contributed by atoms with Crippen LogP contribution in [0.3, 0.4) is 0 Å². The number of nitrogens with zero attached hydrogens (tertiary/aromatic N) is 1. The molecule has 0 unspecified atom stereocenters. The van der Waals surface area contributed by atoms with E-state index in [2.05, 4.69) is 30.9 Å². The van der Waals surface area contributed by atoms with Crippen molar-refractivity contribution >= 4 is 40.6 Å². The molecule has 246 valence electrons. The van der Waals surface area contributed by atoms with Gasteiger partial charge >= 0.3 is 5.97 Å². The van der Waals surface area contributed by atoms with E-state index in [9.17, 15) is 9.59 Å². The molecule has 0 saturated heterocycles. The summed E-state index contributed by atoms with van der Waals surface area (Å²) in [6, 6.07) is 5.73. The molecule has 5 aliphatic carbocycles. The largest absolute Gasteiger partial charge is 0.427 e. The summed E-state index contributed by atoms with van der Waals surface area (Å²) in [4.78, 5) is 29.0. The Hall–Kier alpha value is -1.82. The predicted molar refractivity (Wildman–Crippen MR) is 182 cm³/mol. The normalized spacial score (nSPS) is 32.6. The molecule has 6 rings (SSSR count). The van der Waals surface area contributed by atoms with Gasteiger partial charge in [-0.15, -0.1) is 23.2 Å². The van der Waals surface area contributed by atoms with E-state index < -0.39 is 0 Å². The molecule has 0 radical (unpaired) electrons. The summed E-state index contributed by atoms with van der Waals surface area (Å²) >= 11 is 12.1. The van der Waals surface area contributed by atoms with Gasteiger partial charge in [-0.3, -0.25) is 4.79 Å². The lowest BCUT2D eigenvalue weighted by atomic mass is 9.48. The van der Waals surface area contributed by atoms with Crippen LogP contribution in [0.5, 0.6) is 0 Å². The zero-order chi connectivity index (χ0) is 31.8. The number of rotatable bonds is 11. The van der Waals surface area contributed by atoms with E-state index in [-0.39, 0.29) is 22.7 Å². The summed E-state index contributed by atoms with van der Waals surface area (Å²) in [6.45, 7) is 8.53. The topological polar surface area (TPSA) is 55.8 Å². The Morgan fingerprint density at radius 3 is 2.47 bits per heavy atom. The smallest absolute Gasteiger partial charge is 0.343 e. The number of ether oxygens (including phenoxy) is 2. The van der Waals surface area contributed by atoms with Crippen molar-refractivity contribution in [1.29, 1.82) is 0 Å². The third-order valence-corrected chi connectivity index (χ3v) is 12.9. The summed E-state index contributed by atoms with van der Waals surface area (Å²) < 4.78 is 12.1. The van der Waals surface area contributed by atoms with Gasteiger partial charge < -0.3 is 14.4 Å². The highest BCUT2D eigenvalue weighted by atomic mass is 35.5. The van der Waals surface area contributed by atoms with Crippen LogP contribution in [-0.4, -0.2) is 49.3 Å². The van der Waals surface area contributed by atoms with Crippen molar-refractivity contribution < 1.29 is 19.1 Å². The average molecular weight is 657 g/mol. The summed E-state index contributed by atoms with van der Waals surface area (Å²) in [5, 5.41) is 0. The first-order valence-electron chi connectivity index (χ1n) is 17.4. The molecule has 45 heavy (non-hydrogen) atoms. The number of carbonyl (C=O) groups is 2. The Kier molecular flexibility index (Phi) is 10.1. The zero-order valence-corrected chi connectivity index (χ0v) is 28.9. The Balaban J connectivity index is 1.14. The number of ketones is 1. The van der Waals surface area contributed by atoms with Crippen molar-refractivity contribution in [2.45, 2.75) is 97.5 Å². The number of carbonyl (C=O) groups excluding carboxylic acids is 2. The summed E-state index contributed by atoms with van der Waals surface area (Å²) in [5.41, 5.74) is 4.09. The predicted octanol–water partition coefficient (Wildman–Crippen LogP) is 9.04. The van der Waals surface area contributed by atoms with E-state index in [1.54, 1.807) is 0 Å². The number of anilines is 1. The standard InChI is InChI=1S/C38H51Cl2NO4/c1-25-8-9-26(22-34(25)41(20-18-39)21-19-40)36(43)45-29-14-16-37(2)27(23-29)10-11-30-31-12-13-33(38(31,3)17-15-32(30)37)35(42)24-44-28-6-4-5-7-28/h8-10,22-23,28,30-33H,4-7,11-21,24H2,1-3H3/t30-,31-,32-,33+,37-,38-/m0/s1. The van der Waals surface area contributed by atoms with E-state index in [1.807, 2.05) is 25.1 Å². The molecule has 1 aromatic rings. The van der Waals surface area contributed by atoms with Crippen molar-refractivity contribution in [3.63, 3.8) is 0 Å². The molecule has 0 aromatic heterocycles. The number of esters is 1. The first-order valence-corrected chi connectivity index (χ1v) is 18.5. The number of allylic oxidation sites excluding steroid dienone is 4. The van der Waals surface area contributed by atoms with Crippen molar-refractivity contribution in [1.82, 2.24) is 0 Å². The van der Waals surface area contributed by atoms with Crippen LogP contribution in [-0.2, 0) is 14.3 Å². The Bertz CT molecular complexity index is 1330. The number of halogens is 2. The molecule has 0 heterocycles. The van der Waals surface area contributed by atoms with E-state index in [0.717, 1.165) is 74.8 Å². The molecule has 0 bridgehead atoms. The maximum Gasteiger partial charge on any atom is 0.343 e. The molecule has 7 heteroatoms. The van der Waals surface area contributed by atoms with Crippen LogP contribution in [0.4, 0.5) is 5.69 Å². The zero-order valence-electron chi connectivity index (χ0n) is 27.4. The number of benzene rings is 1. The number of fused-ring (bicyclic) bond motifs is 5. The molecule has 0 amide bonds. The molecule has 0 N–H and O–H groups in total. The Morgan fingerprint density at radius 2 is 1.73 bits per heavy atom. The summed E-state index contributed by atoms with van der Waals surface area (Å²) in [5.74, 6) is 3.70. The van der Waals surface area contributed by atoms with Gasteiger partial charge in [0.2, 0.25) is 0 Å². The fourth-order valence-electron chi connectivity index (χ4n) is 10.1. The molecule has 5 nitrogen and oxygen atoms in total. The molecule has 3 fully saturated rings. The van der Waals surface area contributed by atoms with Crippen LogP contribution in [0, 0.1) is 41.4 Å². The number of Topliss-reactive ketones (excluding diaryl/α,β-unsaturated/α-hetero) is 1. The van der Waals surface area contributed by atoms with Crippen LogP contribution < -0.4 is 4.90 Å². The van der Waals surface area contributed by atoms with Crippen molar-refractivity contribution in [2.75, 3.05) is 36.4 Å². The quantitative estimate of drug-likeness (QED) is 0.176. The second-order valence-corrected chi connectivity index (χ2v) is 15.7. The number of hydrogen-bond donors (Lipinski definition) is 0. The van der Waals surface area contributed by atoms with Crippen molar-refractivity contribution in [3.8, 4) is 0 Å².